The lowest BCUT2D eigenvalue weighted by molar-refractivity contribution is 0.0687. The van der Waals surface area contributed by atoms with E-state index < -0.39 is 11.4 Å². The van der Waals surface area contributed by atoms with Crippen LogP contribution in [0, 0.1) is 5.82 Å². The molecule has 0 saturated heterocycles. The predicted molar refractivity (Wildman–Crippen MR) is 89.5 cm³/mol. The number of fused-ring (bicyclic) bond motifs is 1. The topological polar surface area (TPSA) is 68.1 Å². The first-order chi connectivity index (χ1) is 11.3. The summed E-state index contributed by atoms with van der Waals surface area (Å²) < 4.78 is 19.0. The maximum absolute atomic E-state index is 14.1. The number of aromatic nitrogens is 3. The van der Waals surface area contributed by atoms with Gasteiger partial charge in [-0.2, -0.15) is 4.39 Å². The number of rotatable bonds is 3. The highest BCUT2D eigenvalue weighted by molar-refractivity contribution is 6.35. The van der Waals surface area contributed by atoms with Gasteiger partial charge in [-0.15, -0.1) is 0 Å². The number of aliphatic hydroxyl groups is 1. The van der Waals surface area contributed by atoms with Crippen molar-refractivity contribution >= 4 is 22.5 Å². The molecule has 0 spiro atoms. The molecule has 124 valence electrons. The van der Waals surface area contributed by atoms with Crippen LogP contribution in [0.2, 0.25) is 5.02 Å². The van der Waals surface area contributed by atoms with Gasteiger partial charge in [0.1, 0.15) is 5.60 Å². The first-order valence-corrected chi connectivity index (χ1v) is 7.57. The maximum atomic E-state index is 14.1. The van der Waals surface area contributed by atoms with E-state index in [-0.39, 0.29) is 10.9 Å². The zero-order chi connectivity index (χ0) is 17.5. The lowest BCUT2D eigenvalue weighted by Crippen LogP contribution is -2.19. The van der Waals surface area contributed by atoms with Gasteiger partial charge >= 0.3 is 0 Å². The fraction of sp³-hybridized carbons (Fsp3) is 0.235. The molecule has 0 bridgehead atoms. The molecule has 24 heavy (non-hydrogen) atoms. The Hall–Kier alpha value is -2.31. The van der Waals surface area contributed by atoms with Crippen molar-refractivity contribution < 1.29 is 14.2 Å². The Morgan fingerprint density at radius 2 is 1.83 bits per heavy atom. The van der Waals surface area contributed by atoms with E-state index >= 15 is 0 Å². The van der Waals surface area contributed by atoms with Crippen LogP contribution in [-0.4, -0.2) is 27.2 Å². The number of ether oxygens (including phenoxy) is 1. The molecular weight excluding hydrogens is 333 g/mol. The van der Waals surface area contributed by atoms with Gasteiger partial charge in [-0.25, -0.2) is 15.0 Å². The molecule has 2 aromatic heterocycles. The second-order valence-corrected chi connectivity index (χ2v) is 6.21. The average molecular weight is 348 g/mol. The monoisotopic (exact) mass is 347 g/mol. The lowest BCUT2D eigenvalue weighted by atomic mass is 10.1. The summed E-state index contributed by atoms with van der Waals surface area (Å²) in [6, 6.07) is 5.25. The van der Waals surface area contributed by atoms with E-state index in [1.54, 1.807) is 38.4 Å². The van der Waals surface area contributed by atoms with Crippen molar-refractivity contribution in [2.75, 3.05) is 7.11 Å². The Kier molecular flexibility index (Phi) is 4.11. The molecule has 1 N–H and O–H groups in total. The lowest BCUT2D eigenvalue weighted by Gasteiger charge is -2.15. The largest absolute Gasteiger partial charge is 0.479 e. The van der Waals surface area contributed by atoms with Crippen LogP contribution in [0.4, 0.5) is 4.39 Å². The van der Waals surface area contributed by atoms with Gasteiger partial charge in [-0.05, 0) is 31.5 Å². The molecule has 3 aromatic rings. The van der Waals surface area contributed by atoms with Crippen molar-refractivity contribution in [3.63, 3.8) is 0 Å². The predicted octanol–water partition coefficient (Wildman–Crippen LogP) is 3.72. The number of hydrogen-bond donors (Lipinski definition) is 1. The summed E-state index contributed by atoms with van der Waals surface area (Å²) >= 11 is 6.10. The summed E-state index contributed by atoms with van der Waals surface area (Å²) in [4.78, 5) is 12.4. The summed E-state index contributed by atoms with van der Waals surface area (Å²) in [5.41, 5.74) is 0.890. The van der Waals surface area contributed by atoms with E-state index in [0.717, 1.165) is 11.1 Å². The van der Waals surface area contributed by atoms with Crippen LogP contribution in [0.3, 0.4) is 0 Å². The van der Waals surface area contributed by atoms with Gasteiger partial charge in [-0.1, -0.05) is 17.7 Å². The smallest absolute Gasteiger partial charge is 0.252 e. The van der Waals surface area contributed by atoms with Crippen LogP contribution in [-0.2, 0) is 5.60 Å². The van der Waals surface area contributed by atoms with Gasteiger partial charge in [0, 0.05) is 23.3 Å². The van der Waals surface area contributed by atoms with Crippen LogP contribution >= 0.6 is 11.6 Å². The minimum absolute atomic E-state index is 0.0484. The summed E-state index contributed by atoms with van der Waals surface area (Å²) in [7, 11) is 1.34. The number of methoxy groups -OCH3 is 1. The van der Waals surface area contributed by atoms with E-state index in [0.29, 0.717) is 16.7 Å². The van der Waals surface area contributed by atoms with E-state index in [2.05, 4.69) is 15.0 Å². The SMILES string of the molecule is COc1nc2ccc(-c3cnc(C(C)(C)O)nc3)cc2c(Cl)c1F. The van der Waals surface area contributed by atoms with Crippen molar-refractivity contribution in [2.24, 2.45) is 0 Å². The van der Waals surface area contributed by atoms with Crippen LogP contribution in [0.1, 0.15) is 19.7 Å². The van der Waals surface area contributed by atoms with Crippen molar-refractivity contribution in [3.05, 3.63) is 47.3 Å². The van der Waals surface area contributed by atoms with Gasteiger partial charge in [0.15, 0.2) is 5.82 Å². The molecule has 0 aliphatic heterocycles. The molecule has 0 aliphatic rings. The zero-order valence-corrected chi connectivity index (χ0v) is 14.1. The number of pyridine rings is 1. The van der Waals surface area contributed by atoms with E-state index in [1.807, 2.05) is 6.07 Å². The Bertz CT molecular complexity index is 908. The number of nitrogens with zero attached hydrogens (tertiary/aromatic N) is 3. The molecule has 1 aromatic carbocycles. The molecule has 7 heteroatoms. The minimum atomic E-state index is -1.12. The molecule has 0 aliphatic carbocycles. The van der Waals surface area contributed by atoms with Crippen LogP contribution in [0.5, 0.6) is 5.88 Å². The van der Waals surface area contributed by atoms with Crippen LogP contribution in [0.25, 0.3) is 22.0 Å². The van der Waals surface area contributed by atoms with E-state index in [9.17, 15) is 9.50 Å². The quantitative estimate of drug-likeness (QED) is 0.782. The summed E-state index contributed by atoms with van der Waals surface area (Å²) in [5, 5.41) is 10.3. The summed E-state index contributed by atoms with van der Waals surface area (Å²) in [6.07, 6.45) is 3.20. The number of halogens is 2. The third kappa shape index (κ3) is 2.90. The van der Waals surface area contributed by atoms with Gasteiger partial charge in [0.25, 0.3) is 5.88 Å². The highest BCUT2D eigenvalue weighted by Gasteiger charge is 2.19. The molecule has 0 saturated carbocycles. The van der Waals surface area contributed by atoms with E-state index in [4.69, 9.17) is 16.3 Å². The average Bonchev–Trinajstić information content (AvgIpc) is 2.57. The standard InChI is InChI=1S/C17H15ClFN3O2/c1-17(2,23)16-20-7-10(8-21-16)9-4-5-12-11(6-9)13(18)14(19)15(22-12)24-3/h4-8,23H,1-3H3. The molecule has 0 fully saturated rings. The molecule has 0 atom stereocenters. The van der Waals surface area contributed by atoms with Crippen LogP contribution in [0.15, 0.2) is 30.6 Å². The van der Waals surface area contributed by atoms with E-state index in [1.165, 1.54) is 7.11 Å². The first-order valence-electron chi connectivity index (χ1n) is 7.19. The molecule has 0 unspecified atom stereocenters. The van der Waals surface area contributed by atoms with Crippen molar-refractivity contribution in [3.8, 4) is 17.0 Å². The van der Waals surface area contributed by atoms with Gasteiger partial charge in [0.05, 0.1) is 17.6 Å². The van der Waals surface area contributed by atoms with Gasteiger partial charge in [0.2, 0.25) is 5.82 Å². The second-order valence-electron chi connectivity index (χ2n) is 5.84. The van der Waals surface area contributed by atoms with Gasteiger partial charge < -0.3 is 9.84 Å². The zero-order valence-electron chi connectivity index (χ0n) is 13.3. The summed E-state index contributed by atoms with van der Waals surface area (Å²) in [5.74, 6) is -0.516. The van der Waals surface area contributed by atoms with Crippen molar-refractivity contribution in [1.29, 1.82) is 0 Å². The Morgan fingerprint density at radius 1 is 1.17 bits per heavy atom. The van der Waals surface area contributed by atoms with Crippen molar-refractivity contribution in [2.45, 2.75) is 19.4 Å². The van der Waals surface area contributed by atoms with Crippen molar-refractivity contribution in [1.82, 2.24) is 15.0 Å². The third-order valence-corrected chi connectivity index (χ3v) is 3.93. The highest BCUT2D eigenvalue weighted by Crippen LogP contribution is 2.33. The number of benzene rings is 1. The Balaban J connectivity index is 2.09. The number of hydrogen-bond acceptors (Lipinski definition) is 5. The molecule has 0 amide bonds. The maximum Gasteiger partial charge on any atom is 0.252 e. The normalized spacial score (nSPS) is 11.8. The molecule has 2 heterocycles. The van der Waals surface area contributed by atoms with Crippen LogP contribution < -0.4 is 4.74 Å². The third-order valence-electron chi connectivity index (χ3n) is 3.56. The Morgan fingerprint density at radius 3 is 2.42 bits per heavy atom. The highest BCUT2D eigenvalue weighted by atomic mass is 35.5. The minimum Gasteiger partial charge on any atom is -0.479 e. The Labute approximate surface area is 143 Å². The first kappa shape index (κ1) is 16.5. The molecule has 3 rings (SSSR count). The fourth-order valence-corrected chi connectivity index (χ4v) is 2.52. The molecule has 5 nitrogen and oxygen atoms in total. The molecular formula is C17H15ClFN3O2. The van der Waals surface area contributed by atoms with Gasteiger partial charge in [-0.3, -0.25) is 0 Å². The second kappa shape index (κ2) is 5.96. The summed E-state index contributed by atoms with van der Waals surface area (Å²) in [6.45, 7) is 3.22. The fourth-order valence-electron chi connectivity index (χ4n) is 2.29. The molecule has 0 radical (unpaired) electrons.